The summed E-state index contributed by atoms with van der Waals surface area (Å²) < 4.78 is 5.35. The molecule has 1 saturated heterocycles. The Balaban J connectivity index is 1.38. The van der Waals surface area contributed by atoms with Crippen molar-refractivity contribution in [3.05, 3.63) is 77.6 Å². The molecule has 1 aliphatic heterocycles. The number of aryl methyl sites for hydroxylation is 1. The van der Waals surface area contributed by atoms with E-state index in [-0.39, 0.29) is 5.91 Å². The van der Waals surface area contributed by atoms with Gasteiger partial charge in [-0.1, -0.05) is 65.3 Å². The molecule has 0 spiro atoms. The summed E-state index contributed by atoms with van der Waals surface area (Å²) in [6.07, 6.45) is 0.956. The molecule has 0 bridgehead atoms. The number of aromatic nitrogens is 1. The standard InChI is InChI=1S/C23H25N3O2/c1-18-8-10-19(11-9-18)17-25-12-5-13-26(15-14-25)23(27)22-16-21(24-28-22)20-6-3-2-4-7-20/h2-4,6-11,16H,5,12-15,17H2,1H3. The molecular weight excluding hydrogens is 350 g/mol. The lowest BCUT2D eigenvalue weighted by molar-refractivity contribution is 0.0719. The second kappa shape index (κ2) is 8.40. The van der Waals surface area contributed by atoms with Gasteiger partial charge >= 0.3 is 0 Å². The van der Waals surface area contributed by atoms with Crippen LogP contribution in [-0.2, 0) is 6.54 Å². The van der Waals surface area contributed by atoms with Gasteiger partial charge in [0.15, 0.2) is 0 Å². The van der Waals surface area contributed by atoms with Gasteiger partial charge in [0.25, 0.3) is 5.91 Å². The Morgan fingerprint density at radius 3 is 2.57 bits per heavy atom. The first-order valence-electron chi connectivity index (χ1n) is 9.78. The predicted octanol–water partition coefficient (Wildman–Crippen LogP) is 4.00. The van der Waals surface area contributed by atoms with E-state index in [1.165, 1.54) is 11.1 Å². The summed E-state index contributed by atoms with van der Waals surface area (Å²) in [4.78, 5) is 17.2. The molecule has 5 nitrogen and oxygen atoms in total. The first-order valence-corrected chi connectivity index (χ1v) is 9.78. The van der Waals surface area contributed by atoms with E-state index in [1.54, 1.807) is 6.07 Å². The van der Waals surface area contributed by atoms with Gasteiger partial charge in [-0.25, -0.2) is 0 Å². The van der Waals surface area contributed by atoms with Crippen molar-refractivity contribution in [1.82, 2.24) is 15.0 Å². The summed E-state index contributed by atoms with van der Waals surface area (Å²) >= 11 is 0. The molecule has 0 unspecified atom stereocenters. The van der Waals surface area contributed by atoms with E-state index >= 15 is 0 Å². The Kier molecular flexibility index (Phi) is 5.53. The fraction of sp³-hybridized carbons (Fsp3) is 0.304. The number of benzene rings is 2. The highest BCUT2D eigenvalue weighted by Crippen LogP contribution is 2.20. The van der Waals surface area contributed by atoms with Gasteiger partial charge in [0.2, 0.25) is 5.76 Å². The number of rotatable bonds is 4. The van der Waals surface area contributed by atoms with Crippen molar-refractivity contribution in [3.63, 3.8) is 0 Å². The van der Waals surface area contributed by atoms with Gasteiger partial charge in [-0.05, 0) is 18.9 Å². The van der Waals surface area contributed by atoms with Crippen LogP contribution in [0.4, 0.5) is 0 Å². The lowest BCUT2D eigenvalue weighted by Crippen LogP contribution is -2.34. The number of nitrogens with zero attached hydrogens (tertiary/aromatic N) is 3. The molecule has 0 aliphatic carbocycles. The lowest BCUT2D eigenvalue weighted by Gasteiger charge is -2.21. The summed E-state index contributed by atoms with van der Waals surface area (Å²) in [5, 5.41) is 4.07. The van der Waals surface area contributed by atoms with Gasteiger partial charge in [-0.15, -0.1) is 0 Å². The fourth-order valence-corrected chi connectivity index (χ4v) is 3.56. The minimum Gasteiger partial charge on any atom is -0.350 e. The number of carbonyl (C=O) groups is 1. The zero-order valence-corrected chi connectivity index (χ0v) is 16.2. The van der Waals surface area contributed by atoms with Crippen molar-refractivity contribution in [2.75, 3.05) is 26.2 Å². The third-order valence-corrected chi connectivity index (χ3v) is 5.19. The molecule has 28 heavy (non-hydrogen) atoms. The number of hydrogen-bond acceptors (Lipinski definition) is 4. The maximum absolute atomic E-state index is 12.9. The first kappa shape index (κ1) is 18.4. The number of amides is 1. The van der Waals surface area contributed by atoms with Crippen LogP contribution < -0.4 is 0 Å². The minimum absolute atomic E-state index is 0.0770. The average Bonchev–Trinajstić information content (AvgIpc) is 3.11. The van der Waals surface area contributed by atoms with E-state index in [9.17, 15) is 4.79 Å². The van der Waals surface area contributed by atoms with E-state index in [0.717, 1.165) is 38.2 Å². The maximum Gasteiger partial charge on any atom is 0.292 e. The van der Waals surface area contributed by atoms with Crippen molar-refractivity contribution in [3.8, 4) is 11.3 Å². The van der Waals surface area contributed by atoms with Crippen LogP contribution in [-0.4, -0.2) is 47.0 Å². The van der Waals surface area contributed by atoms with E-state index in [0.29, 0.717) is 18.0 Å². The van der Waals surface area contributed by atoms with E-state index < -0.39 is 0 Å². The predicted molar refractivity (Wildman–Crippen MR) is 109 cm³/mol. The molecule has 1 aromatic heterocycles. The largest absolute Gasteiger partial charge is 0.350 e. The van der Waals surface area contributed by atoms with Crippen LogP contribution in [0.2, 0.25) is 0 Å². The SMILES string of the molecule is Cc1ccc(CN2CCCN(C(=O)c3cc(-c4ccccc4)no3)CC2)cc1. The van der Waals surface area contributed by atoms with Gasteiger partial charge in [-0.3, -0.25) is 9.69 Å². The topological polar surface area (TPSA) is 49.6 Å². The Morgan fingerprint density at radius 1 is 1.00 bits per heavy atom. The van der Waals surface area contributed by atoms with Crippen LogP contribution in [0.15, 0.2) is 65.2 Å². The molecule has 2 aromatic carbocycles. The summed E-state index contributed by atoms with van der Waals surface area (Å²) in [5.74, 6) is 0.234. The summed E-state index contributed by atoms with van der Waals surface area (Å²) in [7, 11) is 0. The second-order valence-corrected chi connectivity index (χ2v) is 7.35. The van der Waals surface area contributed by atoms with Crippen molar-refractivity contribution in [1.29, 1.82) is 0 Å². The van der Waals surface area contributed by atoms with Gasteiger partial charge < -0.3 is 9.42 Å². The van der Waals surface area contributed by atoms with Crippen molar-refractivity contribution < 1.29 is 9.32 Å². The van der Waals surface area contributed by atoms with Crippen LogP contribution in [0.3, 0.4) is 0 Å². The molecule has 0 saturated carbocycles. The van der Waals surface area contributed by atoms with E-state index in [2.05, 4.69) is 41.2 Å². The van der Waals surface area contributed by atoms with Crippen LogP contribution in [0.25, 0.3) is 11.3 Å². The number of hydrogen-bond donors (Lipinski definition) is 0. The van der Waals surface area contributed by atoms with Gasteiger partial charge in [0, 0.05) is 44.4 Å². The molecule has 4 rings (SSSR count). The van der Waals surface area contributed by atoms with Crippen molar-refractivity contribution >= 4 is 5.91 Å². The first-order chi connectivity index (χ1) is 13.7. The van der Waals surface area contributed by atoms with Gasteiger partial charge in [0.1, 0.15) is 5.69 Å². The van der Waals surface area contributed by atoms with Crippen LogP contribution in [0.1, 0.15) is 28.1 Å². The van der Waals surface area contributed by atoms with E-state index in [4.69, 9.17) is 4.52 Å². The molecule has 1 amide bonds. The molecule has 3 aromatic rings. The second-order valence-electron chi connectivity index (χ2n) is 7.35. The highest BCUT2D eigenvalue weighted by molar-refractivity contribution is 5.92. The molecule has 0 radical (unpaired) electrons. The smallest absolute Gasteiger partial charge is 0.292 e. The zero-order chi connectivity index (χ0) is 19.3. The Labute approximate surface area is 165 Å². The monoisotopic (exact) mass is 375 g/mol. The lowest BCUT2D eigenvalue weighted by atomic mass is 10.1. The van der Waals surface area contributed by atoms with E-state index in [1.807, 2.05) is 35.2 Å². The van der Waals surface area contributed by atoms with Crippen molar-refractivity contribution in [2.45, 2.75) is 19.9 Å². The fourth-order valence-electron chi connectivity index (χ4n) is 3.56. The molecule has 2 heterocycles. The third-order valence-electron chi connectivity index (χ3n) is 5.19. The molecular formula is C23H25N3O2. The minimum atomic E-state index is -0.0770. The number of carbonyl (C=O) groups excluding carboxylic acids is 1. The zero-order valence-electron chi connectivity index (χ0n) is 16.2. The molecule has 0 atom stereocenters. The third kappa shape index (κ3) is 4.31. The molecule has 0 N–H and O–H groups in total. The molecule has 144 valence electrons. The van der Waals surface area contributed by atoms with Crippen LogP contribution in [0, 0.1) is 6.92 Å². The van der Waals surface area contributed by atoms with Crippen molar-refractivity contribution in [2.24, 2.45) is 0 Å². The van der Waals surface area contributed by atoms with Crippen LogP contribution >= 0.6 is 0 Å². The highest BCUT2D eigenvalue weighted by atomic mass is 16.5. The normalized spacial score (nSPS) is 15.4. The quantitative estimate of drug-likeness (QED) is 0.692. The molecule has 1 aliphatic rings. The summed E-state index contributed by atoms with van der Waals surface area (Å²) in [6, 6.07) is 20.2. The molecule has 5 heteroatoms. The van der Waals surface area contributed by atoms with Crippen LogP contribution in [0.5, 0.6) is 0 Å². The maximum atomic E-state index is 12.9. The van der Waals surface area contributed by atoms with Gasteiger partial charge in [-0.2, -0.15) is 0 Å². The highest BCUT2D eigenvalue weighted by Gasteiger charge is 2.23. The Bertz CT molecular complexity index is 919. The summed E-state index contributed by atoms with van der Waals surface area (Å²) in [6.45, 7) is 6.31. The average molecular weight is 375 g/mol. The Morgan fingerprint density at radius 2 is 1.79 bits per heavy atom. The Hall–Kier alpha value is -2.92. The molecule has 1 fully saturated rings. The van der Waals surface area contributed by atoms with Gasteiger partial charge in [0.05, 0.1) is 0 Å². The summed E-state index contributed by atoms with van der Waals surface area (Å²) in [5.41, 5.74) is 4.23.